The highest BCUT2D eigenvalue weighted by Gasteiger charge is 2.33. The zero-order chi connectivity index (χ0) is 9.38. The van der Waals surface area contributed by atoms with Crippen molar-refractivity contribution >= 4 is 0 Å². The first-order valence-electron chi connectivity index (χ1n) is 6.06. The molecular weight excluding hydrogens is 170 g/mol. The minimum atomic E-state index is 0.810. The van der Waals surface area contributed by atoms with Crippen molar-refractivity contribution in [2.45, 2.75) is 44.6 Å². The Morgan fingerprint density at radius 2 is 1.64 bits per heavy atom. The second kappa shape index (κ2) is 3.45. The van der Waals surface area contributed by atoms with Crippen LogP contribution in [0, 0.1) is 11.8 Å². The van der Waals surface area contributed by atoms with Crippen molar-refractivity contribution in [3.63, 3.8) is 0 Å². The molecule has 1 aromatic heterocycles. The van der Waals surface area contributed by atoms with Gasteiger partial charge in [-0.05, 0) is 43.2 Å². The predicted molar refractivity (Wildman–Crippen MR) is 58.2 cm³/mol. The molecule has 14 heavy (non-hydrogen) atoms. The fourth-order valence-electron chi connectivity index (χ4n) is 3.54. The predicted octanol–water partition coefficient (Wildman–Crippen LogP) is 3.63. The third-order valence-electron chi connectivity index (χ3n) is 4.31. The van der Waals surface area contributed by atoms with E-state index in [0.29, 0.717) is 0 Å². The van der Waals surface area contributed by atoms with Gasteiger partial charge in [0, 0.05) is 18.4 Å². The second-order valence-corrected chi connectivity index (χ2v) is 5.05. The third-order valence-corrected chi connectivity index (χ3v) is 4.31. The van der Waals surface area contributed by atoms with Crippen LogP contribution in [0.5, 0.6) is 0 Å². The van der Waals surface area contributed by atoms with Gasteiger partial charge >= 0.3 is 0 Å². The second-order valence-electron chi connectivity index (χ2n) is 5.05. The molecule has 0 radical (unpaired) electrons. The molecule has 1 unspecified atom stereocenters. The first-order chi connectivity index (χ1) is 6.93. The lowest BCUT2D eigenvalue weighted by Gasteiger charge is -2.32. The Bertz CT molecular complexity index is 288. The first kappa shape index (κ1) is 8.58. The van der Waals surface area contributed by atoms with E-state index in [9.17, 15) is 0 Å². The number of hydrogen-bond acceptors (Lipinski definition) is 0. The maximum absolute atomic E-state index is 2.43. The number of fused-ring (bicyclic) bond motifs is 1. The molecule has 3 atom stereocenters. The molecule has 0 N–H and O–H groups in total. The molecule has 2 saturated carbocycles. The molecule has 2 fully saturated rings. The van der Waals surface area contributed by atoms with Crippen molar-refractivity contribution in [2.75, 3.05) is 0 Å². The van der Waals surface area contributed by atoms with Crippen molar-refractivity contribution in [3.05, 3.63) is 24.5 Å². The average molecular weight is 189 g/mol. The molecule has 0 saturated heterocycles. The summed E-state index contributed by atoms with van der Waals surface area (Å²) in [6, 6.07) is 5.12. The van der Waals surface area contributed by atoms with Crippen LogP contribution in [0.4, 0.5) is 0 Å². The zero-order valence-electron chi connectivity index (χ0n) is 8.73. The maximum atomic E-state index is 2.43. The molecular formula is C13H19N. The third kappa shape index (κ3) is 1.39. The topological polar surface area (TPSA) is 4.93 Å². The summed E-state index contributed by atoms with van der Waals surface area (Å²) < 4.78 is 2.43. The number of nitrogens with zero attached hydrogens (tertiary/aromatic N) is 1. The van der Waals surface area contributed by atoms with E-state index in [1.807, 2.05) is 0 Å². The lowest BCUT2D eigenvalue weighted by Crippen LogP contribution is -2.22. The molecule has 2 aliphatic carbocycles. The van der Waals surface area contributed by atoms with E-state index in [2.05, 4.69) is 29.1 Å². The molecule has 0 aliphatic heterocycles. The normalized spacial score (nSPS) is 37.0. The number of hydrogen-bond donors (Lipinski definition) is 0. The lowest BCUT2D eigenvalue weighted by atomic mass is 9.79. The van der Waals surface area contributed by atoms with Crippen molar-refractivity contribution in [2.24, 2.45) is 11.8 Å². The smallest absolute Gasteiger partial charge is 0.0333 e. The summed E-state index contributed by atoms with van der Waals surface area (Å²) in [4.78, 5) is 0. The van der Waals surface area contributed by atoms with E-state index >= 15 is 0 Å². The SMILES string of the molecule is c1ccn(C2CC[C@H]3CCC[C@H]3C2)c1. The van der Waals surface area contributed by atoms with Gasteiger partial charge in [-0.15, -0.1) is 0 Å². The van der Waals surface area contributed by atoms with Gasteiger partial charge in [0.1, 0.15) is 0 Å². The fourth-order valence-corrected chi connectivity index (χ4v) is 3.54. The quantitative estimate of drug-likeness (QED) is 0.635. The van der Waals surface area contributed by atoms with Crippen molar-refractivity contribution in [3.8, 4) is 0 Å². The van der Waals surface area contributed by atoms with Gasteiger partial charge in [-0.1, -0.05) is 19.3 Å². The number of aromatic nitrogens is 1. The molecule has 3 rings (SSSR count). The zero-order valence-corrected chi connectivity index (χ0v) is 8.73. The van der Waals surface area contributed by atoms with Crippen LogP contribution in [-0.2, 0) is 0 Å². The minimum absolute atomic E-state index is 0.810. The molecule has 2 aliphatic rings. The maximum Gasteiger partial charge on any atom is 0.0333 e. The van der Waals surface area contributed by atoms with Crippen LogP contribution in [0.1, 0.15) is 44.6 Å². The highest BCUT2D eigenvalue weighted by molar-refractivity contribution is 4.96. The Hall–Kier alpha value is -0.720. The van der Waals surface area contributed by atoms with E-state index in [4.69, 9.17) is 0 Å². The average Bonchev–Trinajstić information content (AvgIpc) is 2.88. The van der Waals surface area contributed by atoms with Gasteiger partial charge in [-0.25, -0.2) is 0 Å². The standard InChI is InChI=1S/C13H19N/c1-2-9-14(8-1)13-7-6-11-4-3-5-12(11)10-13/h1-2,8-9,11-13H,3-7,10H2/t11-,12+,13?/m1/s1. The van der Waals surface area contributed by atoms with E-state index in [-0.39, 0.29) is 0 Å². The summed E-state index contributed by atoms with van der Waals surface area (Å²) >= 11 is 0. The molecule has 1 nitrogen and oxygen atoms in total. The molecule has 1 heteroatoms. The molecule has 1 aromatic rings. The summed E-state index contributed by atoms with van der Waals surface area (Å²) in [5, 5.41) is 0. The van der Waals surface area contributed by atoms with Crippen LogP contribution >= 0.6 is 0 Å². The summed E-state index contributed by atoms with van der Waals surface area (Å²) in [5.74, 6) is 2.14. The van der Waals surface area contributed by atoms with E-state index < -0.39 is 0 Å². The summed E-state index contributed by atoms with van der Waals surface area (Å²) in [6.07, 6.45) is 13.3. The molecule has 1 heterocycles. The van der Waals surface area contributed by atoms with Crippen molar-refractivity contribution in [1.29, 1.82) is 0 Å². The van der Waals surface area contributed by atoms with Gasteiger partial charge in [0.05, 0.1) is 0 Å². The molecule has 0 amide bonds. The molecule has 0 aromatic carbocycles. The van der Waals surface area contributed by atoms with Gasteiger partial charge in [0.2, 0.25) is 0 Å². The van der Waals surface area contributed by atoms with Crippen LogP contribution in [0.3, 0.4) is 0 Å². The Morgan fingerprint density at radius 1 is 0.857 bits per heavy atom. The van der Waals surface area contributed by atoms with E-state index in [1.54, 1.807) is 0 Å². The lowest BCUT2D eigenvalue weighted by molar-refractivity contribution is 0.211. The highest BCUT2D eigenvalue weighted by atomic mass is 15.0. The Kier molecular flexibility index (Phi) is 2.11. The summed E-state index contributed by atoms with van der Waals surface area (Å²) in [6.45, 7) is 0. The Balaban J connectivity index is 1.73. The summed E-state index contributed by atoms with van der Waals surface area (Å²) in [7, 11) is 0. The largest absolute Gasteiger partial charge is 0.351 e. The molecule has 0 spiro atoms. The van der Waals surface area contributed by atoms with Gasteiger partial charge in [-0.2, -0.15) is 0 Å². The molecule has 0 bridgehead atoms. The van der Waals surface area contributed by atoms with Crippen LogP contribution in [0.15, 0.2) is 24.5 Å². The van der Waals surface area contributed by atoms with Crippen molar-refractivity contribution in [1.82, 2.24) is 4.57 Å². The Labute approximate surface area is 86.1 Å². The number of rotatable bonds is 1. The Morgan fingerprint density at radius 3 is 2.50 bits per heavy atom. The van der Waals surface area contributed by atoms with E-state index in [1.165, 1.54) is 38.5 Å². The summed E-state index contributed by atoms with van der Waals surface area (Å²) in [5.41, 5.74) is 0. The van der Waals surface area contributed by atoms with Crippen LogP contribution in [0.2, 0.25) is 0 Å². The minimum Gasteiger partial charge on any atom is -0.351 e. The van der Waals surface area contributed by atoms with E-state index in [0.717, 1.165) is 17.9 Å². The van der Waals surface area contributed by atoms with Crippen LogP contribution < -0.4 is 0 Å². The van der Waals surface area contributed by atoms with Gasteiger partial charge in [0.15, 0.2) is 0 Å². The van der Waals surface area contributed by atoms with Crippen LogP contribution in [-0.4, -0.2) is 4.57 Å². The fraction of sp³-hybridized carbons (Fsp3) is 0.692. The van der Waals surface area contributed by atoms with Gasteiger partial charge in [0.25, 0.3) is 0 Å². The van der Waals surface area contributed by atoms with Crippen molar-refractivity contribution < 1.29 is 0 Å². The van der Waals surface area contributed by atoms with Crippen LogP contribution in [0.25, 0.3) is 0 Å². The molecule has 76 valence electrons. The van der Waals surface area contributed by atoms with Gasteiger partial charge in [-0.3, -0.25) is 0 Å². The van der Waals surface area contributed by atoms with Gasteiger partial charge < -0.3 is 4.57 Å². The monoisotopic (exact) mass is 189 g/mol. The first-order valence-corrected chi connectivity index (χ1v) is 6.06. The highest BCUT2D eigenvalue weighted by Crippen LogP contribution is 2.45.